The van der Waals surface area contributed by atoms with Crippen LogP contribution in [0.15, 0.2) is 28.7 Å². The number of nitrogens with zero attached hydrogens (tertiary/aromatic N) is 4. The highest BCUT2D eigenvalue weighted by Crippen LogP contribution is 2.38. The van der Waals surface area contributed by atoms with Crippen molar-refractivity contribution in [3.05, 3.63) is 41.2 Å². The van der Waals surface area contributed by atoms with E-state index >= 15 is 0 Å². The molecule has 0 spiro atoms. The highest BCUT2D eigenvalue weighted by Gasteiger charge is 2.37. The van der Waals surface area contributed by atoms with Crippen LogP contribution in [-0.4, -0.2) is 53.7 Å². The van der Waals surface area contributed by atoms with Crippen molar-refractivity contribution >= 4 is 28.8 Å². The average molecular weight is 517 g/mol. The van der Waals surface area contributed by atoms with Gasteiger partial charge in [-0.25, -0.2) is 9.78 Å². The molecule has 0 radical (unpaired) electrons. The maximum atomic E-state index is 13.2. The number of carbonyl (C=O) groups is 1. The van der Waals surface area contributed by atoms with Crippen LogP contribution >= 0.6 is 0 Å². The predicted molar refractivity (Wildman–Crippen MR) is 117 cm³/mol. The van der Waals surface area contributed by atoms with E-state index in [2.05, 4.69) is 15.3 Å². The van der Waals surface area contributed by atoms with Gasteiger partial charge in [-0.05, 0) is 32.0 Å². The molecule has 36 heavy (non-hydrogen) atoms. The summed E-state index contributed by atoms with van der Waals surface area (Å²) >= 11 is 0. The van der Waals surface area contributed by atoms with Gasteiger partial charge in [0, 0.05) is 37.9 Å². The van der Waals surface area contributed by atoms with E-state index in [1.54, 1.807) is 19.9 Å². The summed E-state index contributed by atoms with van der Waals surface area (Å²) in [7, 11) is 0. The highest BCUT2D eigenvalue weighted by molar-refractivity contribution is 5.91. The minimum absolute atomic E-state index is 0.0238. The second kappa shape index (κ2) is 9.39. The fourth-order valence-corrected chi connectivity index (χ4v) is 3.75. The summed E-state index contributed by atoms with van der Waals surface area (Å²) in [4.78, 5) is 24.1. The van der Waals surface area contributed by atoms with E-state index in [4.69, 9.17) is 9.15 Å². The van der Waals surface area contributed by atoms with Crippen LogP contribution in [0.25, 0.3) is 11.2 Å². The van der Waals surface area contributed by atoms with Crippen molar-refractivity contribution in [2.45, 2.75) is 26.2 Å². The molecule has 14 heteroatoms. The molecule has 1 saturated heterocycles. The Morgan fingerprint density at radius 2 is 1.61 bits per heavy atom. The van der Waals surface area contributed by atoms with E-state index in [-0.39, 0.29) is 62.0 Å². The molecule has 0 bridgehead atoms. The number of benzene rings is 1. The number of furan rings is 1. The van der Waals surface area contributed by atoms with Gasteiger partial charge in [0.2, 0.25) is 5.71 Å². The van der Waals surface area contributed by atoms with Crippen molar-refractivity contribution in [3.8, 4) is 5.88 Å². The van der Waals surface area contributed by atoms with Crippen molar-refractivity contribution in [1.29, 1.82) is 0 Å². The topological polar surface area (TPSA) is 83.7 Å². The van der Waals surface area contributed by atoms with Gasteiger partial charge >= 0.3 is 18.4 Å². The number of hydrogen-bond donors (Lipinski definition) is 1. The maximum absolute atomic E-state index is 13.2. The van der Waals surface area contributed by atoms with Crippen molar-refractivity contribution in [2.75, 3.05) is 43.0 Å². The molecule has 1 fully saturated rings. The minimum atomic E-state index is -4.94. The molecule has 0 saturated carbocycles. The number of urea groups is 1. The molecule has 3 heterocycles. The molecule has 2 amide bonds. The van der Waals surface area contributed by atoms with Crippen LogP contribution in [0.3, 0.4) is 0 Å². The molecule has 1 N–H and O–H groups in total. The fraction of sp³-hybridized carbons (Fsp3) is 0.409. The molecule has 1 aliphatic rings. The van der Waals surface area contributed by atoms with Crippen molar-refractivity contribution in [3.63, 3.8) is 0 Å². The number of fused-ring (bicyclic) bond motifs is 1. The molecular weight excluding hydrogens is 496 g/mol. The Morgan fingerprint density at radius 1 is 1.00 bits per heavy atom. The maximum Gasteiger partial charge on any atom is 0.416 e. The van der Waals surface area contributed by atoms with Crippen molar-refractivity contribution in [1.82, 2.24) is 14.9 Å². The molecule has 3 aromatic rings. The number of aromatic nitrogens is 2. The Morgan fingerprint density at radius 3 is 2.17 bits per heavy atom. The third kappa shape index (κ3) is 5.41. The number of ether oxygens (including phenoxy) is 1. The minimum Gasteiger partial charge on any atom is -0.475 e. The average Bonchev–Trinajstić information content (AvgIpc) is 3.16. The van der Waals surface area contributed by atoms with Gasteiger partial charge in [0.15, 0.2) is 5.82 Å². The highest BCUT2D eigenvalue weighted by atomic mass is 19.4. The number of anilines is 2. The lowest BCUT2D eigenvalue weighted by Gasteiger charge is -2.36. The number of hydrogen-bond acceptors (Lipinski definition) is 6. The van der Waals surface area contributed by atoms with Gasteiger partial charge in [-0.3, -0.25) is 5.32 Å². The zero-order valence-corrected chi connectivity index (χ0v) is 19.1. The lowest BCUT2D eigenvalue weighted by molar-refractivity contribution is -0.143. The molecule has 194 valence electrons. The molecule has 8 nitrogen and oxygen atoms in total. The summed E-state index contributed by atoms with van der Waals surface area (Å²) in [5, 5.41) is 2.61. The van der Waals surface area contributed by atoms with E-state index < -0.39 is 29.5 Å². The monoisotopic (exact) mass is 517 g/mol. The molecule has 2 aromatic heterocycles. The van der Waals surface area contributed by atoms with Gasteiger partial charge in [-0.1, -0.05) is 0 Å². The van der Waals surface area contributed by atoms with Crippen LogP contribution in [0.1, 0.15) is 23.8 Å². The molecule has 0 atom stereocenters. The molecule has 1 aliphatic heterocycles. The summed E-state index contributed by atoms with van der Waals surface area (Å²) in [5.74, 6) is 0.676. The normalized spacial score (nSPS) is 14.9. The summed E-state index contributed by atoms with van der Waals surface area (Å²) in [5.41, 5.74) is -2.36. The van der Waals surface area contributed by atoms with Crippen LogP contribution in [0.5, 0.6) is 5.88 Å². The van der Waals surface area contributed by atoms with Crippen LogP contribution in [0, 0.1) is 6.92 Å². The number of halogens is 6. The number of piperazine rings is 1. The fourth-order valence-electron chi connectivity index (χ4n) is 3.75. The van der Waals surface area contributed by atoms with E-state index in [1.165, 1.54) is 9.80 Å². The summed E-state index contributed by atoms with van der Waals surface area (Å²) in [6.45, 7) is 3.83. The third-order valence-electron chi connectivity index (χ3n) is 5.47. The zero-order chi connectivity index (χ0) is 26.3. The van der Waals surface area contributed by atoms with E-state index in [0.29, 0.717) is 23.4 Å². The number of amides is 2. The number of aryl methyl sites for hydroxylation is 1. The van der Waals surface area contributed by atoms with Gasteiger partial charge in [0.1, 0.15) is 11.3 Å². The zero-order valence-electron chi connectivity index (χ0n) is 19.1. The van der Waals surface area contributed by atoms with Gasteiger partial charge < -0.3 is 19.0 Å². The quantitative estimate of drug-likeness (QED) is 0.472. The molecular formula is C22H21F6N5O3. The standard InChI is InChI=1S/C22H21F6N5O3/c1-3-35-19-17(29-16-8-12(2)36-18(16)31-19)30-20(34)33-6-4-32(5-7-33)15-10-13(21(23,24)25)9-14(11-15)22(26,27)28/h8-11H,3-7H2,1-2H3,(H,29,30,34). The largest absolute Gasteiger partial charge is 0.475 e. The molecule has 0 unspecified atom stereocenters. The number of rotatable bonds is 4. The second-order valence-corrected chi connectivity index (χ2v) is 8.03. The van der Waals surface area contributed by atoms with Gasteiger partial charge in [0.25, 0.3) is 5.88 Å². The van der Waals surface area contributed by atoms with Gasteiger partial charge in [-0.15, -0.1) is 0 Å². The molecule has 1 aromatic carbocycles. The first-order chi connectivity index (χ1) is 16.8. The molecule has 0 aliphatic carbocycles. The number of alkyl halides is 6. The van der Waals surface area contributed by atoms with E-state index in [0.717, 1.165) is 0 Å². The lowest BCUT2D eigenvalue weighted by atomic mass is 10.1. The van der Waals surface area contributed by atoms with E-state index in [9.17, 15) is 31.1 Å². The first-order valence-electron chi connectivity index (χ1n) is 10.9. The smallest absolute Gasteiger partial charge is 0.416 e. The first kappa shape index (κ1) is 25.4. The Balaban J connectivity index is 1.49. The molecule has 4 rings (SSSR count). The number of nitrogens with one attached hydrogen (secondary N) is 1. The number of carbonyl (C=O) groups excluding carboxylic acids is 1. The second-order valence-electron chi connectivity index (χ2n) is 8.03. The van der Waals surface area contributed by atoms with Gasteiger partial charge in [-0.2, -0.15) is 31.3 Å². The van der Waals surface area contributed by atoms with Crippen molar-refractivity contribution in [2.24, 2.45) is 0 Å². The summed E-state index contributed by atoms with van der Waals surface area (Å²) in [6, 6.07) is 2.51. The van der Waals surface area contributed by atoms with Crippen LogP contribution in [0.4, 0.5) is 42.6 Å². The van der Waals surface area contributed by atoms with Crippen LogP contribution < -0.4 is 15.0 Å². The Kier molecular flexibility index (Phi) is 6.62. The SMILES string of the molecule is CCOc1nc2oc(C)cc2nc1NC(=O)N1CCN(c2cc(C(F)(F)F)cc(C(F)(F)F)c2)CC1. The Bertz CT molecular complexity index is 1230. The Hall–Kier alpha value is -3.71. The summed E-state index contributed by atoms with van der Waals surface area (Å²) in [6.07, 6.45) is -9.88. The third-order valence-corrected chi connectivity index (χ3v) is 5.47. The van der Waals surface area contributed by atoms with E-state index in [1.807, 2.05) is 0 Å². The Labute approximate surface area is 200 Å². The predicted octanol–water partition coefficient (Wildman–Crippen LogP) is 5.32. The van der Waals surface area contributed by atoms with Crippen LogP contribution in [0.2, 0.25) is 0 Å². The van der Waals surface area contributed by atoms with Gasteiger partial charge in [0.05, 0.1) is 17.7 Å². The lowest BCUT2D eigenvalue weighted by Crippen LogP contribution is -2.50. The summed E-state index contributed by atoms with van der Waals surface area (Å²) < 4.78 is 90.0. The first-order valence-corrected chi connectivity index (χ1v) is 10.9. The van der Waals surface area contributed by atoms with Crippen molar-refractivity contribution < 1.29 is 40.3 Å². The van der Waals surface area contributed by atoms with Crippen LogP contribution in [-0.2, 0) is 12.4 Å².